The molecular weight excluding hydrogens is 338 g/mol. The van der Waals surface area contributed by atoms with Crippen molar-refractivity contribution in [2.45, 2.75) is 46.1 Å². The number of rotatable bonds is 3. The van der Waals surface area contributed by atoms with Gasteiger partial charge in [-0.1, -0.05) is 67.9 Å². The van der Waals surface area contributed by atoms with Crippen molar-refractivity contribution in [1.29, 1.82) is 0 Å². The topological polar surface area (TPSA) is 59.2 Å². The van der Waals surface area contributed by atoms with Gasteiger partial charge in [-0.2, -0.15) is 4.98 Å². The Morgan fingerprint density at radius 2 is 1.85 bits per heavy atom. The molecule has 0 bridgehead atoms. The monoisotopic (exact) mass is 361 g/mol. The molecule has 5 nitrogen and oxygen atoms in total. The second-order valence-corrected chi connectivity index (χ2v) is 8.13. The van der Waals surface area contributed by atoms with Crippen LogP contribution in [-0.2, 0) is 23.2 Å². The molecule has 0 N–H and O–H groups in total. The number of fused-ring (bicyclic) bond motifs is 1. The van der Waals surface area contributed by atoms with Crippen LogP contribution in [0.5, 0.6) is 0 Å². The van der Waals surface area contributed by atoms with E-state index in [-0.39, 0.29) is 11.3 Å². The Balaban J connectivity index is 1.55. The number of aromatic nitrogens is 2. The molecule has 0 spiro atoms. The molecule has 27 heavy (non-hydrogen) atoms. The molecule has 1 aliphatic heterocycles. The largest absolute Gasteiger partial charge is 0.337 e. The van der Waals surface area contributed by atoms with Gasteiger partial charge in [-0.15, -0.1) is 0 Å². The van der Waals surface area contributed by atoms with Gasteiger partial charge in [0.2, 0.25) is 17.6 Å². The van der Waals surface area contributed by atoms with Gasteiger partial charge in [-0.3, -0.25) is 4.79 Å². The van der Waals surface area contributed by atoms with E-state index >= 15 is 0 Å². The van der Waals surface area contributed by atoms with E-state index in [9.17, 15) is 4.79 Å². The fourth-order valence-corrected chi connectivity index (χ4v) is 3.38. The average Bonchev–Trinajstić information content (AvgIpc) is 3.19. The summed E-state index contributed by atoms with van der Waals surface area (Å²) in [6, 6.07) is 14.3. The van der Waals surface area contributed by atoms with Crippen LogP contribution >= 0.6 is 0 Å². The van der Waals surface area contributed by atoms with Crippen molar-refractivity contribution in [2.24, 2.45) is 0 Å². The molecule has 0 atom stereocenters. The Morgan fingerprint density at radius 1 is 1.11 bits per heavy atom. The molecule has 1 aliphatic rings. The van der Waals surface area contributed by atoms with Crippen molar-refractivity contribution < 1.29 is 9.32 Å². The third-order valence-corrected chi connectivity index (χ3v) is 4.94. The van der Waals surface area contributed by atoms with Gasteiger partial charge in [0.05, 0.1) is 6.42 Å². The molecule has 0 unspecified atom stereocenters. The number of nitrogens with zero attached hydrogens (tertiary/aromatic N) is 3. The summed E-state index contributed by atoms with van der Waals surface area (Å²) in [5, 5.41) is 4.09. The molecule has 1 amide bonds. The zero-order valence-electron chi connectivity index (χ0n) is 16.1. The summed E-state index contributed by atoms with van der Waals surface area (Å²) in [6.45, 7) is 8.87. The molecule has 0 radical (unpaired) electrons. The van der Waals surface area contributed by atoms with E-state index < -0.39 is 0 Å². The fraction of sp³-hybridized carbons (Fsp3) is 0.318. The minimum absolute atomic E-state index is 0.0601. The Kier molecular flexibility index (Phi) is 4.10. The standard InChI is InChI=1S/C22H23N3O2/c1-14-5-10-18-16(11-14)12-20(26)25(18)13-19-23-21(24-27-19)15-6-8-17(9-7-15)22(2,3)4/h5-11H,12-13H2,1-4H3. The second-order valence-electron chi connectivity index (χ2n) is 8.13. The van der Waals surface area contributed by atoms with E-state index in [2.05, 4.69) is 49.1 Å². The minimum atomic E-state index is 0.0601. The first-order valence-corrected chi connectivity index (χ1v) is 9.15. The summed E-state index contributed by atoms with van der Waals surface area (Å²) in [7, 11) is 0. The molecule has 3 aromatic rings. The highest BCUT2D eigenvalue weighted by Crippen LogP contribution is 2.31. The maximum atomic E-state index is 12.4. The second kappa shape index (κ2) is 6.34. The smallest absolute Gasteiger partial charge is 0.247 e. The average molecular weight is 361 g/mol. The van der Waals surface area contributed by atoms with Crippen molar-refractivity contribution in [2.75, 3.05) is 4.90 Å². The normalized spacial score (nSPS) is 13.9. The molecule has 0 aliphatic carbocycles. The summed E-state index contributed by atoms with van der Waals surface area (Å²) in [4.78, 5) is 18.6. The summed E-state index contributed by atoms with van der Waals surface area (Å²) in [5.74, 6) is 1.04. The van der Waals surface area contributed by atoms with Gasteiger partial charge in [-0.25, -0.2) is 0 Å². The maximum absolute atomic E-state index is 12.4. The highest BCUT2D eigenvalue weighted by Gasteiger charge is 2.28. The number of aryl methyl sites for hydroxylation is 1. The van der Waals surface area contributed by atoms with Crippen molar-refractivity contribution in [3.63, 3.8) is 0 Å². The lowest BCUT2D eigenvalue weighted by atomic mass is 9.87. The SMILES string of the molecule is Cc1ccc2c(c1)CC(=O)N2Cc1nc(-c2ccc(C(C)(C)C)cc2)no1. The van der Waals surface area contributed by atoms with Crippen LogP contribution in [0.3, 0.4) is 0 Å². The lowest BCUT2D eigenvalue weighted by Gasteiger charge is -2.18. The number of hydrogen-bond donors (Lipinski definition) is 0. The van der Waals surface area contributed by atoms with Gasteiger partial charge in [-0.05, 0) is 29.5 Å². The van der Waals surface area contributed by atoms with E-state index in [1.54, 1.807) is 4.90 Å². The van der Waals surface area contributed by atoms with E-state index in [1.807, 2.05) is 31.2 Å². The van der Waals surface area contributed by atoms with Crippen molar-refractivity contribution in [1.82, 2.24) is 10.1 Å². The minimum Gasteiger partial charge on any atom is -0.337 e. The number of hydrogen-bond acceptors (Lipinski definition) is 4. The molecule has 5 heteroatoms. The van der Waals surface area contributed by atoms with E-state index in [4.69, 9.17) is 4.52 Å². The molecule has 1 aromatic heterocycles. The molecular formula is C22H23N3O2. The van der Waals surface area contributed by atoms with Gasteiger partial charge in [0.25, 0.3) is 0 Å². The molecule has 2 heterocycles. The first kappa shape index (κ1) is 17.5. The van der Waals surface area contributed by atoms with Gasteiger partial charge < -0.3 is 9.42 Å². The predicted molar refractivity (Wildman–Crippen MR) is 105 cm³/mol. The number of benzene rings is 2. The number of carbonyl (C=O) groups excluding carboxylic acids is 1. The van der Waals surface area contributed by atoms with Gasteiger partial charge in [0.15, 0.2) is 0 Å². The summed E-state index contributed by atoms with van der Waals surface area (Å²) in [6.07, 6.45) is 0.423. The van der Waals surface area contributed by atoms with Crippen LogP contribution in [0.2, 0.25) is 0 Å². The van der Waals surface area contributed by atoms with Crippen LogP contribution in [0.15, 0.2) is 47.0 Å². The van der Waals surface area contributed by atoms with Crippen molar-refractivity contribution >= 4 is 11.6 Å². The lowest BCUT2D eigenvalue weighted by Crippen LogP contribution is -2.26. The third-order valence-electron chi connectivity index (χ3n) is 4.94. The summed E-state index contributed by atoms with van der Waals surface area (Å²) >= 11 is 0. The van der Waals surface area contributed by atoms with Crippen LogP contribution < -0.4 is 4.90 Å². The predicted octanol–water partition coefficient (Wildman–Crippen LogP) is 4.43. The van der Waals surface area contributed by atoms with Crippen LogP contribution in [-0.4, -0.2) is 16.0 Å². The van der Waals surface area contributed by atoms with Crippen LogP contribution in [0.1, 0.15) is 43.4 Å². The molecule has 2 aromatic carbocycles. The fourth-order valence-electron chi connectivity index (χ4n) is 3.38. The first-order valence-electron chi connectivity index (χ1n) is 9.15. The third kappa shape index (κ3) is 3.37. The van der Waals surface area contributed by atoms with Gasteiger partial charge in [0, 0.05) is 11.3 Å². The molecule has 0 saturated carbocycles. The Labute approximate surface area is 159 Å². The summed E-state index contributed by atoms with van der Waals surface area (Å²) in [5.41, 5.74) is 5.40. The highest BCUT2D eigenvalue weighted by molar-refractivity contribution is 6.01. The zero-order valence-corrected chi connectivity index (χ0v) is 16.1. The maximum Gasteiger partial charge on any atom is 0.247 e. The van der Waals surface area contributed by atoms with Crippen molar-refractivity contribution in [3.8, 4) is 11.4 Å². The molecule has 4 rings (SSSR count). The van der Waals surface area contributed by atoms with Crippen LogP contribution in [0.25, 0.3) is 11.4 Å². The molecule has 138 valence electrons. The van der Waals surface area contributed by atoms with Gasteiger partial charge >= 0.3 is 0 Å². The van der Waals surface area contributed by atoms with Crippen molar-refractivity contribution in [3.05, 3.63) is 65.0 Å². The van der Waals surface area contributed by atoms with E-state index in [1.165, 1.54) is 5.56 Å². The lowest BCUT2D eigenvalue weighted by molar-refractivity contribution is -0.117. The van der Waals surface area contributed by atoms with Crippen LogP contribution in [0, 0.1) is 6.92 Å². The number of amides is 1. The van der Waals surface area contributed by atoms with Crippen LogP contribution in [0.4, 0.5) is 5.69 Å². The molecule has 0 fully saturated rings. The van der Waals surface area contributed by atoms with Gasteiger partial charge in [0.1, 0.15) is 6.54 Å². The number of anilines is 1. The Hall–Kier alpha value is -2.95. The number of carbonyl (C=O) groups is 1. The van der Waals surface area contributed by atoms with E-state index in [0.29, 0.717) is 24.7 Å². The Bertz CT molecular complexity index is 997. The quantitative estimate of drug-likeness (QED) is 0.692. The molecule has 0 saturated heterocycles. The summed E-state index contributed by atoms with van der Waals surface area (Å²) < 4.78 is 5.41. The van der Waals surface area contributed by atoms with E-state index in [0.717, 1.165) is 22.4 Å². The first-order chi connectivity index (χ1) is 12.8. The zero-order chi connectivity index (χ0) is 19.2. The highest BCUT2D eigenvalue weighted by atomic mass is 16.5. The Morgan fingerprint density at radius 3 is 2.56 bits per heavy atom.